The van der Waals surface area contributed by atoms with E-state index in [4.69, 9.17) is 0 Å². The van der Waals surface area contributed by atoms with Gasteiger partial charge in [-0.25, -0.2) is 4.39 Å². The van der Waals surface area contributed by atoms with Crippen LogP contribution in [0.3, 0.4) is 0 Å². The van der Waals surface area contributed by atoms with Crippen LogP contribution in [0.2, 0.25) is 0 Å². The molecule has 0 radical (unpaired) electrons. The number of benzene rings is 2. The summed E-state index contributed by atoms with van der Waals surface area (Å²) in [6, 6.07) is 13.2. The Hall–Kier alpha value is -1.19. The molecule has 2 rings (SSSR count). The summed E-state index contributed by atoms with van der Waals surface area (Å²) >= 11 is 3.40. The van der Waals surface area contributed by atoms with E-state index in [0.717, 1.165) is 15.6 Å². The Morgan fingerprint density at radius 3 is 2.35 bits per heavy atom. The van der Waals surface area contributed by atoms with E-state index in [1.165, 1.54) is 6.07 Å². The van der Waals surface area contributed by atoms with Crippen molar-refractivity contribution in [3.8, 4) is 11.1 Å². The first-order chi connectivity index (χ1) is 8.20. The van der Waals surface area contributed by atoms with Gasteiger partial charge in [-0.1, -0.05) is 34.1 Å². The molecule has 0 atom stereocenters. The Bertz CT molecular complexity index is 508. The first kappa shape index (κ1) is 12.3. The summed E-state index contributed by atoms with van der Waals surface area (Å²) in [5, 5.41) is 2.97. The van der Waals surface area contributed by atoms with Crippen LogP contribution in [0.15, 0.2) is 46.9 Å². The van der Waals surface area contributed by atoms with Crippen molar-refractivity contribution in [3.63, 3.8) is 0 Å². The second-order valence-electron chi connectivity index (χ2n) is 3.84. The number of hydrogen-bond acceptors (Lipinski definition) is 1. The van der Waals surface area contributed by atoms with Crippen LogP contribution in [0.5, 0.6) is 0 Å². The van der Waals surface area contributed by atoms with Gasteiger partial charge in [0, 0.05) is 16.6 Å². The highest BCUT2D eigenvalue weighted by Gasteiger charge is 2.04. The fourth-order valence-electron chi connectivity index (χ4n) is 1.72. The maximum atomic E-state index is 13.5. The van der Waals surface area contributed by atoms with Gasteiger partial charge in [0.2, 0.25) is 0 Å². The molecule has 0 spiro atoms. The van der Waals surface area contributed by atoms with Crippen molar-refractivity contribution in [2.24, 2.45) is 0 Å². The Kier molecular flexibility index (Phi) is 3.92. The van der Waals surface area contributed by atoms with E-state index in [1.807, 2.05) is 37.4 Å². The fourth-order valence-corrected chi connectivity index (χ4v) is 1.99. The molecule has 0 amide bonds. The van der Waals surface area contributed by atoms with Crippen molar-refractivity contribution in [2.45, 2.75) is 6.54 Å². The van der Waals surface area contributed by atoms with Crippen molar-refractivity contribution in [3.05, 3.63) is 58.3 Å². The predicted octanol–water partition coefficient (Wildman–Crippen LogP) is 3.97. The number of nitrogens with one attached hydrogen (secondary N) is 1. The minimum absolute atomic E-state index is 0.166. The van der Waals surface area contributed by atoms with Crippen LogP contribution in [0, 0.1) is 5.82 Å². The Balaban J connectivity index is 2.39. The maximum Gasteiger partial charge on any atom is 0.127 e. The molecule has 0 aliphatic rings. The lowest BCUT2D eigenvalue weighted by Crippen LogP contribution is -2.06. The zero-order valence-corrected chi connectivity index (χ0v) is 11.1. The third-order valence-corrected chi connectivity index (χ3v) is 3.12. The predicted molar refractivity (Wildman–Crippen MR) is 72.3 cm³/mol. The van der Waals surface area contributed by atoms with E-state index in [9.17, 15) is 4.39 Å². The smallest absolute Gasteiger partial charge is 0.127 e. The minimum Gasteiger partial charge on any atom is -0.316 e. The van der Waals surface area contributed by atoms with Gasteiger partial charge in [0.1, 0.15) is 5.82 Å². The summed E-state index contributed by atoms with van der Waals surface area (Å²) in [6.07, 6.45) is 0. The second kappa shape index (κ2) is 5.43. The van der Waals surface area contributed by atoms with Gasteiger partial charge >= 0.3 is 0 Å². The third-order valence-electron chi connectivity index (χ3n) is 2.59. The van der Waals surface area contributed by atoms with E-state index < -0.39 is 0 Å². The largest absolute Gasteiger partial charge is 0.316 e. The summed E-state index contributed by atoms with van der Waals surface area (Å²) < 4.78 is 14.5. The van der Waals surface area contributed by atoms with Gasteiger partial charge in [-0.15, -0.1) is 0 Å². The molecular formula is C14H13BrFN. The van der Waals surface area contributed by atoms with Crippen molar-refractivity contribution >= 4 is 15.9 Å². The number of rotatable bonds is 3. The molecule has 0 unspecified atom stereocenters. The lowest BCUT2D eigenvalue weighted by molar-refractivity contribution is 0.601. The van der Waals surface area contributed by atoms with Gasteiger partial charge in [0.25, 0.3) is 0 Å². The van der Waals surface area contributed by atoms with Crippen LogP contribution in [0.25, 0.3) is 11.1 Å². The quantitative estimate of drug-likeness (QED) is 0.903. The molecular weight excluding hydrogens is 281 g/mol. The van der Waals surface area contributed by atoms with Crippen LogP contribution < -0.4 is 5.32 Å². The van der Waals surface area contributed by atoms with Crippen molar-refractivity contribution in [2.75, 3.05) is 7.05 Å². The molecule has 0 aliphatic heterocycles. The highest BCUT2D eigenvalue weighted by atomic mass is 79.9. The Morgan fingerprint density at radius 1 is 1.06 bits per heavy atom. The van der Waals surface area contributed by atoms with Crippen molar-refractivity contribution in [1.29, 1.82) is 0 Å². The van der Waals surface area contributed by atoms with Crippen molar-refractivity contribution in [1.82, 2.24) is 5.32 Å². The molecule has 0 bridgehead atoms. The summed E-state index contributed by atoms with van der Waals surface area (Å²) in [6.45, 7) is 0.538. The average molecular weight is 294 g/mol. The number of halogens is 2. The lowest BCUT2D eigenvalue weighted by atomic mass is 10.0. The molecule has 88 valence electrons. The van der Waals surface area contributed by atoms with Gasteiger partial charge in [-0.3, -0.25) is 0 Å². The maximum absolute atomic E-state index is 13.5. The summed E-state index contributed by atoms with van der Waals surface area (Å²) in [7, 11) is 1.81. The molecule has 0 heterocycles. The van der Waals surface area contributed by atoms with Gasteiger partial charge in [0.15, 0.2) is 0 Å². The molecule has 1 N–H and O–H groups in total. The molecule has 17 heavy (non-hydrogen) atoms. The lowest BCUT2D eigenvalue weighted by Gasteiger charge is -2.07. The van der Waals surface area contributed by atoms with Crippen LogP contribution in [-0.2, 0) is 6.54 Å². The fraction of sp³-hybridized carbons (Fsp3) is 0.143. The molecule has 1 nitrogen and oxygen atoms in total. The molecule has 2 aromatic carbocycles. The zero-order valence-electron chi connectivity index (χ0n) is 9.50. The van der Waals surface area contributed by atoms with E-state index in [1.54, 1.807) is 6.07 Å². The van der Waals surface area contributed by atoms with E-state index in [-0.39, 0.29) is 5.82 Å². The van der Waals surface area contributed by atoms with E-state index in [0.29, 0.717) is 12.1 Å². The summed E-state index contributed by atoms with van der Waals surface area (Å²) in [4.78, 5) is 0. The molecule has 0 aliphatic carbocycles. The van der Waals surface area contributed by atoms with E-state index >= 15 is 0 Å². The van der Waals surface area contributed by atoms with E-state index in [2.05, 4.69) is 21.2 Å². The molecule has 2 aromatic rings. The minimum atomic E-state index is -0.166. The van der Waals surface area contributed by atoms with Gasteiger partial charge < -0.3 is 5.32 Å². The third kappa shape index (κ3) is 2.93. The first-order valence-electron chi connectivity index (χ1n) is 5.39. The monoisotopic (exact) mass is 293 g/mol. The van der Waals surface area contributed by atoms with Crippen LogP contribution in [-0.4, -0.2) is 7.05 Å². The average Bonchev–Trinajstić information content (AvgIpc) is 2.33. The Labute approximate surface area is 109 Å². The zero-order chi connectivity index (χ0) is 12.3. The van der Waals surface area contributed by atoms with Gasteiger partial charge in [0.05, 0.1) is 0 Å². The van der Waals surface area contributed by atoms with Crippen LogP contribution in [0.1, 0.15) is 5.56 Å². The highest BCUT2D eigenvalue weighted by molar-refractivity contribution is 9.10. The molecule has 0 saturated heterocycles. The standard InChI is InChI=1S/C14H13BrFN/c1-17-9-12-8-11(4-7-14(12)16)10-2-5-13(15)6-3-10/h2-8,17H,9H2,1H3. The highest BCUT2D eigenvalue weighted by Crippen LogP contribution is 2.23. The van der Waals surface area contributed by atoms with Crippen molar-refractivity contribution < 1.29 is 4.39 Å². The topological polar surface area (TPSA) is 12.0 Å². The molecule has 0 aromatic heterocycles. The van der Waals surface area contributed by atoms with Gasteiger partial charge in [-0.05, 0) is 42.4 Å². The van der Waals surface area contributed by atoms with Gasteiger partial charge in [-0.2, -0.15) is 0 Å². The number of hydrogen-bond donors (Lipinski definition) is 1. The Morgan fingerprint density at radius 2 is 1.71 bits per heavy atom. The molecule has 0 saturated carbocycles. The second-order valence-corrected chi connectivity index (χ2v) is 4.76. The molecule has 0 fully saturated rings. The van der Waals surface area contributed by atoms with Crippen LogP contribution >= 0.6 is 15.9 Å². The summed E-state index contributed by atoms with van der Waals surface area (Å²) in [5.41, 5.74) is 2.81. The normalized spacial score (nSPS) is 10.5. The summed E-state index contributed by atoms with van der Waals surface area (Å²) in [5.74, 6) is -0.166. The van der Waals surface area contributed by atoms with Crippen LogP contribution in [0.4, 0.5) is 4.39 Å². The SMILES string of the molecule is CNCc1cc(-c2ccc(Br)cc2)ccc1F. The molecule has 3 heteroatoms. The first-order valence-corrected chi connectivity index (χ1v) is 6.19.